The van der Waals surface area contributed by atoms with E-state index in [1.165, 1.54) is 20.8 Å². The third kappa shape index (κ3) is 1.18. The summed E-state index contributed by atoms with van der Waals surface area (Å²) in [6.07, 6.45) is 0. The van der Waals surface area contributed by atoms with E-state index >= 15 is 0 Å². The number of nitrogens with zero attached hydrogens (tertiary/aromatic N) is 2. The van der Waals surface area contributed by atoms with Crippen molar-refractivity contribution in [1.82, 2.24) is 8.75 Å². The maximum absolute atomic E-state index is 4.27. The number of aromatic nitrogens is 2. The molecule has 0 saturated carbocycles. The van der Waals surface area contributed by atoms with E-state index in [1.54, 1.807) is 0 Å². The molecular formula is C7H7IN2S. The first kappa shape index (κ1) is 7.54. The van der Waals surface area contributed by atoms with Crippen LogP contribution in [0.15, 0.2) is 4.08 Å². The topological polar surface area (TPSA) is 25.8 Å². The minimum absolute atomic E-state index is 0.108. The Morgan fingerprint density at radius 3 is 2.73 bits per heavy atom. The molecular weight excluding hydrogens is 271 g/mol. The van der Waals surface area contributed by atoms with E-state index < -0.39 is 0 Å². The van der Waals surface area contributed by atoms with Crippen LogP contribution in [-0.4, -0.2) is 12.3 Å². The molecule has 0 spiro atoms. The highest BCUT2D eigenvalue weighted by Crippen LogP contribution is 2.27. The van der Waals surface area contributed by atoms with E-state index in [2.05, 4.69) is 26.7 Å². The number of hydrogen-bond donors (Lipinski definition) is 0. The molecule has 0 bridgehead atoms. The first-order chi connectivity index (χ1) is 5.29. The zero-order valence-electron chi connectivity index (χ0n) is 6.26. The minimum Gasteiger partial charge on any atom is -0.173 e. The molecule has 0 atom stereocenters. The summed E-state index contributed by atoms with van der Waals surface area (Å²) >= 11 is 1.43. The number of allylic oxidation sites excluding steroid dienone is 1. The molecule has 1 aliphatic rings. The lowest BCUT2D eigenvalue weighted by molar-refractivity contribution is 1.39. The average Bonchev–Trinajstić information content (AvgIpc) is 2.45. The first-order valence-corrected chi connectivity index (χ1v) is 6.31. The van der Waals surface area contributed by atoms with Crippen LogP contribution in [0.2, 0.25) is 0 Å². The van der Waals surface area contributed by atoms with Gasteiger partial charge in [0.25, 0.3) is 0 Å². The predicted molar refractivity (Wildman–Crippen MR) is 57.4 cm³/mol. The molecule has 4 heteroatoms. The van der Waals surface area contributed by atoms with Gasteiger partial charge in [0.1, 0.15) is 11.4 Å². The standard InChI is InChI=1S/C7H7IN2S/c1-4-3-8-5(2)7-6(4)9-11-10-7/h3H,1-2H3. The van der Waals surface area contributed by atoms with Gasteiger partial charge in [-0.05, 0) is 23.5 Å². The second-order valence-corrected chi connectivity index (χ2v) is 5.79. The van der Waals surface area contributed by atoms with Gasteiger partial charge in [0, 0.05) is 3.51 Å². The largest absolute Gasteiger partial charge is 0.173 e. The molecule has 2 heterocycles. The van der Waals surface area contributed by atoms with Crippen molar-refractivity contribution in [3.63, 3.8) is 0 Å². The molecule has 0 unspecified atom stereocenters. The Morgan fingerprint density at radius 2 is 2.00 bits per heavy atom. The van der Waals surface area contributed by atoms with Crippen molar-refractivity contribution in [3.8, 4) is 0 Å². The molecule has 1 aromatic heterocycles. The second kappa shape index (κ2) is 2.75. The van der Waals surface area contributed by atoms with Crippen LogP contribution in [0.5, 0.6) is 0 Å². The van der Waals surface area contributed by atoms with Gasteiger partial charge in [-0.15, -0.1) is 0 Å². The fraction of sp³-hybridized carbons (Fsp3) is 0.286. The van der Waals surface area contributed by atoms with Gasteiger partial charge in [0.2, 0.25) is 0 Å². The second-order valence-electron chi connectivity index (χ2n) is 2.40. The predicted octanol–water partition coefficient (Wildman–Crippen LogP) is 2.42. The Balaban J connectivity index is 2.69. The maximum atomic E-state index is 4.27. The van der Waals surface area contributed by atoms with E-state index in [0.29, 0.717) is 0 Å². The van der Waals surface area contributed by atoms with Crippen LogP contribution in [-0.2, 0) is 0 Å². The summed E-state index contributed by atoms with van der Waals surface area (Å²) in [5.41, 5.74) is 3.58. The van der Waals surface area contributed by atoms with Crippen molar-refractivity contribution < 1.29 is 0 Å². The maximum Gasteiger partial charge on any atom is 0.113 e. The molecule has 0 aromatic carbocycles. The Kier molecular flexibility index (Phi) is 1.88. The smallest absolute Gasteiger partial charge is 0.113 e. The van der Waals surface area contributed by atoms with Crippen LogP contribution in [0.25, 0.3) is 5.57 Å². The molecule has 0 aliphatic carbocycles. The van der Waals surface area contributed by atoms with Gasteiger partial charge in [-0.1, -0.05) is 20.7 Å². The lowest BCUT2D eigenvalue weighted by Gasteiger charge is -2.04. The van der Waals surface area contributed by atoms with Crippen molar-refractivity contribution in [2.75, 3.05) is 0 Å². The summed E-state index contributed by atoms with van der Waals surface area (Å²) in [6.45, 7) is 4.28. The van der Waals surface area contributed by atoms with Crippen molar-refractivity contribution in [1.29, 1.82) is 0 Å². The lowest BCUT2D eigenvalue weighted by atomic mass is 10.2. The van der Waals surface area contributed by atoms with Crippen molar-refractivity contribution in [2.45, 2.75) is 13.8 Å². The van der Waals surface area contributed by atoms with Crippen LogP contribution in [0.4, 0.5) is 0 Å². The molecule has 2 rings (SSSR count). The number of hydrogen-bond acceptors (Lipinski definition) is 3. The molecule has 0 amide bonds. The van der Waals surface area contributed by atoms with Gasteiger partial charge in [-0.3, -0.25) is 0 Å². The van der Waals surface area contributed by atoms with Gasteiger partial charge in [-0.2, -0.15) is 8.75 Å². The van der Waals surface area contributed by atoms with Crippen LogP contribution < -0.4 is 0 Å². The summed E-state index contributed by atoms with van der Waals surface area (Å²) in [5.74, 6) is 0. The Bertz CT molecular complexity index is 319. The van der Waals surface area contributed by atoms with Crippen LogP contribution in [0, 0.1) is 0 Å². The third-order valence-corrected chi connectivity index (χ3v) is 4.79. The zero-order chi connectivity index (χ0) is 7.84. The van der Waals surface area contributed by atoms with E-state index in [0.717, 1.165) is 11.4 Å². The highest BCUT2D eigenvalue weighted by atomic mass is 127. The fourth-order valence-electron chi connectivity index (χ4n) is 0.940. The van der Waals surface area contributed by atoms with Gasteiger partial charge >= 0.3 is 0 Å². The minimum atomic E-state index is 0.108. The Labute approximate surface area is 79.4 Å². The molecule has 0 saturated heterocycles. The van der Waals surface area contributed by atoms with Gasteiger partial charge in [-0.25, -0.2) is 0 Å². The highest BCUT2D eigenvalue weighted by molar-refractivity contribution is 14.2. The monoisotopic (exact) mass is 278 g/mol. The van der Waals surface area contributed by atoms with E-state index in [4.69, 9.17) is 0 Å². The van der Waals surface area contributed by atoms with E-state index in [1.807, 2.05) is 0 Å². The molecule has 0 fully saturated rings. The molecule has 0 N–H and O–H groups in total. The van der Waals surface area contributed by atoms with Crippen molar-refractivity contribution in [2.24, 2.45) is 0 Å². The number of fused-ring (bicyclic) bond motifs is 1. The average molecular weight is 278 g/mol. The zero-order valence-corrected chi connectivity index (χ0v) is 9.23. The molecule has 1 aromatic rings. The number of halogens is 1. The quantitative estimate of drug-likeness (QED) is 0.681. The first-order valence-electron chi connectivity index (χ1n) is 3.26. The number of rotatable bonds is 0. The Morgan fingerprint density at radius 1 is 1.27 bits per heavy atom. The summed E-state index contributed by atoms with van der Waals surface area (Å²) in [6, 6.07) is 0. The van der Waals surface area contributed by atoms with Gasteiger partial charge in [0.15, 0.2) is 0 Å². The summed E-state index contributed by atoms with van der Waals surface area (Å²) in [4.78, 5) is 0. The normalized spacial score (nSPS) is 16.2. The molecule has 2 nitrogen and oxygen atoms in total. The van der Waals surface area contributed by atoms with Crippen LogP contribution >= 0.6 is 32.5 Å². The van der Waals surface area contributed by atoms with Crippen molar-refractivity contribution >= 4 is 41.5 Å². The summed E-state index contributed by atoms with van der Waals surface area (Å²) in [7, 11) is 0. The Hall–Kier alpha value is -0.100. The van der Waals surface area contributed by atoms with Gasteiger partial charge in [0.05, 0.1) is 11.7 Å². The molecule has 0 radical (unpaired) electrons. The van der Waals surface area contributed by atoms with Crippen LogP contribution in [0.3, 0.4) is 0 Å². The lowest BCUT2D eigenvalue weighted by Crippen LogP contribution is -1.98. The van der Waals surface area contributed by atoms with Gasteiger partial charge < -0.3 is 0 Å². The van der Waals surface area contributed by atoms with E-state index in [-0.39, 0.29) is 20.7 Å². The molecule has 11 heavy (non-hydrogen) atoms. The van der Waals surface area contributed by atoms with E-state index in [9.17, 15) is 0 Å². The highest BCUT2D eigenvalue weighted by Gasteiger charge is 2.14. The summed E-state index contributed by atoms with van der Waals surface area (Å²) in [5, 5.41) is 0. The summed E-state index contributed by atoms with van der Waals surface area (Å²) < 4.78 is 12.3. The third-order valence-electron chi connectivity index (χ3n) is 1.57. The molecule has 58 valence electrons. The van der Waals surface area contributed by atoms with Crippen LogP contribution in [0.1, 0.15) is 25.2 Å². The fourth-order valence-corrected chi connectivity index (χ4v) is 3.66. The SMILES string of the molecule is CC1=CI=C(C)c2nsnc21. The van der Waals surface area contributed by atoms with Crippen molar-refractivity contribution in [3.05, 3.63) is 15.5 Å². The molecule has 1 aliphatic heterocycles.